The summed E-state index contributed by atoms with van der Waals surface area (Å²) in [5.41, 5.74) is 0. The van der Waals surface area contributed by atoms with E-state index in [1.54, 1.807) is 0 Å². The maximum atomic E-state index is 10.1. The smallest absolute Gasteiger partial charge is 0.511 e. The molecule has 0 radical (unpaired) electrons. The maximum absolute atomic E-state index is 10.1. The highest BCUT2D eigenvalue weighted by Gasteiger charge is 2.25. The highest BCUT2D eigenvalue weighted by Crippen LogP contribution is 1.97. The van der Waals surface area contributed by atoms with Crippen LogP contribution in [0.5, 0.6) is 0 Å². The van der Waals surface area contributed by atoms with Crippen LogP contribution in [-0.2, 0) is 18.5 Å². The number of carboxylic acids is 2. The molecule has 0 amide bonds. The quantitative estimate of drug-likeness (QED) is 0.448. The number of aliphatic carboxylic acids is 2. The zero-order chi connectivity index (χ0) is 9.72. The molecule has 68 valence electrons. The molecule has 0 spiro atoms. The number of hydrogen-bond acceptors (Lipinski definition) is 4. The molecule has 0 heterocycles. The average molecular weight is 194 g/mol. The summed E-state index contributed by atoms with van der Waals surface area (Å²) in [6, 6.07) is 0. The van der Waals surface area contributed by atoms with Gasteiger partial charge in [0, 0.05) is 0 Å². The predicted octanol–water partition coefficient (Wildman–Crippen LogP) is -1.66. The van der Waals surface area contributed by atoms with Gasteiger partial charge in [-0.25, -0.2) is 4.79 Å². The first kappa shape index (κ1) is 10.6. The van der Waals surface area contributed by atoms with E-state index in [2.05, 4.69) is 4.43 Å². The zero-order valence-corrected chi connectivity index (χ0v) is 6.76. The van der Waals surface area contributed by atoms with E-state index in [0.717, 1.165) is 0 Å². The van der Waals surface area contributed by atoms with E-state index in [9.17, 15) is 14.1 Å². The lowest BCUT2D eigenvalue weighted by molar-refractivity contribution is -0.152. The molecule has 8 heteroatoms. The predicted molar refractivity (Wildman–Crippen MR) is 33.4 cm³/mol. The van der Waals surface area contributed by atoms with E-state index in [0.29, 0.717) is 0 Å². The lowest BCUT2D eigenvalue weighted by Gasteiger charge is -2.07. The van der Waals surface area contributed by atoms with Crippen LogP contribution < -0.4 is 0 Å². The monoisotopic (exact) mass is 194 g/mol. The van der Waals surface area contributed by atoms with Crippen LogP contribution in [0.4, 0.5) is 0 Å². The summed E-state index contributed by atoms with van der Waals surface area (Å²) in [6.45, 7) is 0. The second-order valence-corrected chi connectivity index (χ2v) is 2.58. The van der Waals surface area contributed by atoms with E-state index in [1.165, 1.54) is 0 Å². The molecular weight excluding hydrogens is 188 g/mol. The molecule has 0 aromatic carbocycles. The largest absolute Gasteiger partial charge is 0.765 e. The summed E-state index contributed by atoms with van der Waals surface area (Å²) < 4.78 is 13.9. The van der Waals surface area contributed by atoms with Crippen LogP contribution in [0.3, 0.4) is 0 Å². The first-order valence-electron chi connectivity index (χ1n) is 2.77. The Kier molecular flexibility index (Phi) is 3.90. The molecule has 1 atom stereocenters. The van der Waals surface area contributed by atoms with Crippen molar-refractivity contribution in [2.45, 2.75) is 12.5 Å². The van der Waals surface area contributed by atoms with Crippen LogP contribution in [0.15, 0.2) is 0 Å². The molecule has 1 unspecified atom stereocenters. The molecule has 0 aromatic heterocycles. The van der Waals surface area contributed by atoms with Gasteiger partial charge in [-0.15, -0.1) is 0 Å². The molecule has 0 bridgehead atoms. The van der Waals surface area contributed by atoms with Crippen molar-refractivity contribution in [1.82, 2.24) is 0 Å². The molecule has 12 heavy (non-hydrogen) atoms. The first-order valence-corrected chi connectivity index (χ1v) is 4.04. The van der Waals surface area contributed by atoms with Crippen LogP contribution in [0.1, 0.15) is 6.42 Å². The number of carbonyl (C=O) groups is 2. The Morgan fingerprint density at radius 1 is 1.42 bits per heavy atom. The summed E-state index contributed by atoms with van der Waals surface area (Å²) in [5.74, 6) is -2.99. The number of carboxylic acid groups (broad SMARTS) is 2. The highest BCUT2D eigenvalue weighted by molar-refractivity contribution is 6.24. The van der Waals surface area contributed by atoms with Crippen molar-refractivity contribution >= 4 is 21.1 Å². The van der Waals surface area contributed by atoms with Crippen LogP contribution >= 0.6 is 0 Å². The van der Waals surface area contributed by atoms with Crippen LogP contribution in [-0.4, -0.2) is 42.2 Å². The third kappa shape index (κ3) is 4.38. The van der Waals surface area contributed by atoms with E-state index in [4.69, 9.17) is 15.0 Å². The SMILES string of the molecule is O=C(O)CC(O[Si](=O)O)C(=O)O. The minimum absolute atomic E-state index is 0.841. The number of rotatable bonds is 5. The molecule has 0 aliphatic heterocycles. The molecule has 0 aliphatic carbocycles. The van der Waals surface area contributed by atoms with Crippen molar-refractivity contribution in [2.75, 3.05) is 0 Å². The fourth-order valence-corrected chi connectivity index (χ4v) is 0.887. The fourth-order valence-electron chi connectivity index (χ4n) is 0.460. The van der Waals surface area contributed by atoms with Gasteiger partial charge in [-0.05, 0) is 0 Å². The molecule has 0 fully saturated rings. The molecule has 0 rings (SSSR count). The van der Waals surface area contributed by atoms with Gasteiger partial charge in [-0.2, -0.15) is 0 Å². The van der Waals surface area contributed by atoms with Crippen molar-refractivity contribution in [3.8, 4) is 0 Å². The van der Waals surface area contributed by atoms with Gasteiger partial charge in [0.25, 0.3) is 0 Å². The molecule has 7 nitrogen and oxygen atoms in total. The topological polar surface area (TPSA) is 121 Å². The Labute approximate surface area is 68.1 Å². The lowest BCUT2D eigenvalue weighted by Crippen LogP contribution is -2.30. The summed E-state index contributed by atoms with van der Waals surface area (Å²) >= 11 is 0. The third-order valence-corrected chi connectivity index (χ3v) is 1.36. The highest BCUT2D eigenvalue weighted by atomic mass is 28.3. The standard InChI is InChI=1S/C4H6O7Si/c5-3(6)1-2(4(7)8)11-12(9)10/h2,9H,1H2,(H,5,6)(H,7,8). The van der Waals surface area contributed by atoms with Gasteiger partial charge in [0.1, 0.15) is 0 Å². The fraction of sp³-hybridized carbons (Fsp3) is 0.500. The van der Waals surface area contributed by atoms with Gasteiger partial charge in [-0.1, -0.05) is 0 Å². The summed E-state index contributed by atoms with van der Waals surface area (Å²) in [7, 11) is -3.42. The second-order valence-electron chi connectivity index (χ2n) is 1.81. The Hall–Kier alpha value is -1.44. The normalized spacial score (nSPS) is 11.7. The van der Waals surface area contributed by atoms with Crippen molar-refractivity contribution in [1.29, 1.82) is 0 Å². The Morgan fingerprint density at radius 3 is 2.17 bits per heavy atom. The van der Waals surface area contributed by atoms with Gasteiger partial charge in [-0.3, -0.25) is 9.26 Å². The van der Waals surface area contributed by atoms with Gasteiger partial charge < -0.3 is 19.4 Å². The molecule has 3 N–H and O–H groups in total. The zero-order valence-electron chi connectivity index (χ0n) is 5.76. The van der Waals surface area contributed by atoms with Crippen molar-refractivity contribution in [3.05, 3.63) is 0 Å². The van der Waals surface area contributed by atoms with Crippen LogP contribution in [0.25, 0.3) is 0 Å². The van der Waals surface area contributed by atoms with E-state index in [-0.39, 0.29) is 0 Å². The van der Waals surface area contributed by atoms with Crippen LogP contribution in [0.2, 0.25) is 0 Å². The Bertz CT molecular complexity index is 195. The Morgan fingerprint density at radius 2 is 1.92 bits per heavy atom. The third-order valence-electron chi connectivity index (χ3n) is 0.879. The van der Waals surface area contributed by atoms with Crippen molar-refractivity contribution in [3.63, 3.8) is 0 Å². The van der Waals surface area contributed by atoms with E-state index >= 15 is 0 Å². The van der Waals surface area contributed by atoms with Crippen molar-refractivity contribution in [2.24, 2.45) is 0 Å². The molecule has 0 saturated carbocycles. The summed E-state index contributed by atoms with van der Waals surface area (Å²) in [5, 5.41) is 16.4. The van der Waals surface area contributed by atoms with Gasteiger partial charge in [0.2, 0.25) is 0 Å². The van der Waals surface area contributed by atoms with E-state index < -0.39 is 33.6 Å². The second kappa shape index (κ2) is 4.44. The molecular formula is C4H6O7Si. The molecule has 0 aromatic rings. The van der Waals surface area contributed by atoms with Gasteiger partial charge in [0.15, 0.2) is 6.10 Å². The van der Waals surface area contributed by atoms with E-state index in [1.807, 2.05) is 0 Å². The van der Waals surface area contributed by atoms with Gasteiger partial charge in [0.05, 0.1) is 6.42 Å². The van der Waals surface area contributed by atoms with Crippen LogP contribution in [0, 0.1) is 0 Å². The first-order chi connectivity index (χ1) is 5.43. The maximum Gasteiger partial charge on any atom is 0.765 e. The average Bonchev–Trinajstić information content (AvgIpc) is 1.83. The van der Waals surface area contributed by atoms with Crippen molar-refractivity contribution < 1.29 is 33.5 Å². The molecule has 0 saturated heterocycles. The Balaban J connectivity index is 4.14. The number of hydrogen-bond donors (Lipinski definition) is 3. The minimum Gasteiger partial charge on any atom is -0.511 e. The summed E-state index contributed by atoms with van der Waals surface area (Å²) in [4.78, 5) is 28.3. The summed E-state index contributed by atoms with van der Waals surface area (Å²) in [6.07, 6.45) is -2.61. The lowest BCUT2D eigenvalue weighted by atomic mass is 10.3. The minimum atomic E-state index is -3.42. The molecule has 0 aliphatic rings. The van der Waals surface area contributed by atoms with Gasteiger partial charge >= 0.3 is 21.1 Å².